The molecule has 0 fully saturated rings. The fraction of sp³-hybridized carbons (Fsp3) is 1.00. The second kappa shape index (κ2) is 18.9. The third-order valence-electron chi connectivity index (χ3n) is 1.96. The van der Waals surface area contributed by atoms with Crippen molar-refractivity contribution in [2.45, 2.75) is 65.2 Å². The van der Waals surface area contributed by atoms with E-state index in [1.54, 1.807) is 0 Å². The van der Waals surface area contributed by atoms with Gasteiger partial charge >= 0.3 is 0 Å². The molecule has 0 saturated carbocycles. The zero-order chi connectivity index (χ0) is 7.66. The first-order chi connectivity index (χ1) is 4.91. The molecule has 0 rings (SSSR count). The van der Waals surface area contributed by atoms with Crippen molar-refractivity contribution in [3.05, 3.63) is 0 Å². The Bertz CT molecular complexity index is 49.8. The van der Waals surface area contributed by atoms with Crippen LogP contribution in [0.5, 0.6) is 0 Å². The molecule has 65 valence electrons. The molecule has 0 N–H and O–H groups in total. The van der Waals surface area contributed by atoms with E-state index in [1.165, 1.54) is 51.4 Å². The first-order valence-corrected chi connectivity index (χ1v) is 4.91. The quantitative estimate of drug-likeness (QED) is 0.441. The summed E-state index contributed by atoms with van der Waals surface area (Å²) in [6.07, 6.45) is 11.5. The summed E-state index contributed by atoms with van der Waals surface area (Å²) < 4.78 is 0. The monoisotopic (exact) mass is 205 g/mol. The molecule has 0 saturated heterocycles. The van der Waals surface area contributed by atoms with Crippen molar-refractivity contribution in [1.82, 2.24) is 0 Å². The minimum atomic E-state index is 0. The summed E-state index contributed by atoms with van der Waals surface area (Å²) in [5.41, 5.74) is 0. The van der Waals surface area contributed by atoms with Crippen LogP contribution in [0.4, 0.5) is 0 Å². The van der Waals surface area contributed by atoms with Crippen molar-refractivity contribution in [3.8, 4) is 0 Å². The zero-order valence-electron chi connectivity index (χ0n) is 9.36. The van der Waals surface area contributed by atoms with E-state index in [0.717, 1.165) is 0 Å². The molecular weight excluding hydrogens is 183 g/mol. The van der Waals surface area contributed by atoms with Gasteiger partial charge in [0, 0.05) is 67.3 Å². The minimum absolute atomic E-state index is 0. The Hall–Kier alpha value is 2.26. The molecule has 0 aromatic heterocycles. The molecule has 3 radical (unpaired) electrons. The van der Waals surface area contributed by atoms with Gasteiger partial charge < -0.3 is 0 Å². The maximum atomic E-state index is 2.27. The summed E-state index contributed by atoms with van der Waals surface area (Å²) >= 11 is 0. The summed E-state index contributed by atoms with van der Waals surface area (Å²) in [6, 6.07) is 0. The summed E-state index contributed by atoms with van der Waals surface area (Å²) in [7, 11) is 0. The van der Waals surface area contributed by atoms with Gasteiger partial charge in [-0.25, -0.2) is 0 Å². The summed E-state index contributed by atoms with van der Waals surface area (Å²) in [5.74, 6) is 0. The van der Waals surface area contributed by atoms with Crippen molar-refractivity contribution < 1.29 is 0 Å². The molecule has 0 heterocycles. The predicted octanol–water partition coefficient (Wildman–Crippen LogP) is 3.39. The smallest absolute Gasteiger partial charge is 0 e. The number of unbranched alkanes of at least 4 members (excludes halogenated alkanes) is 7. The Morgan fingerprint density at radius 3 is 1.08 bits per heavy atom. The van der Waals surface area contributed by atoms with Crippen molar-refractivity contribution >= 4 is 67.3 Å². The SMILES string of the molecule is CCCCCCCCCC.[Ca].[Na]. The molecule has 0 unspecified atom stereocenters. The van der Waals surface area contributed by atoms with Crippen LogP contribution in [0.25, 0.3) is 0 Å². The van der Waals surface area contributed by atoms with Gasteiger partial charge in [-0.15, -0.1) is 0 Å². The molecule has 0 amide bonds. The van der Waals surface area contributed by atoms with Crippen LogP contribution in [-0.4, -0.2) is 67.3 Å². The van der Waals surface area contributed by atoms with Crippen molar-refractivity contribution in [1.29, 1.82) is 0 Å². The molecule has 12 heavy (non-hydrogen) atoms. The molecular formula is C10H22CaNa. The predicted molar refractivity (Wildman–Crippen MR) is 59.8 cm³/mol. The van der Waals surface area contributed by atoms with Gasteiger partial charge in [0.15, 0.2) is 0 Å². The third-order valence-corrected chi connectivity index (χ3v) is 1.96. The van der Waals surface area contributed by atoms with E-state index in [0.29, 0.717) is 0 Å². The first-order valence-electron chi connectivity index (χ1n) is 4.91. The van der Waals surface area contributed by atoms with Crippen LogP contribution in [0.1, 0.15) is 65.2 Å². The van der Waals surface area contributed by atoms with E-state index < -0.39 is 0 Å². The number of hydrogen-bond donors (Lipinski definition) is 0. The van der Waals surface area contributed by atoms with Gasteiger partial charge in [-0.2, -0.15) is 0 Å². The van der Waals surface area contributed by atoms with Crippen molar-refractivity contribution in [2.75, 3.05) is 0 Å². The van der Waals surface area contributed by atoms with Gasteiger partial charge in [0.25, 0.3) is 0 Å². The molecule has 0 aromatic rings. The minimum Gasteiger partial charge on any atom is -0.0654 e. The van der Waals surface area contributed by atoms with Gasteiger partial charge in [-0.3, -0.25) is 0 Å². The molecule has 0 bridgehead atoms. The third kappa shape index (κ3) is 18.1. The van der Waals surface area contributed by atoms with Crippen LogP contribution < -0.4 is 0 Å². The summed E-state index contributed by atoms with van der Waals surface area (Å²) in [5, 5.41) is 0. The van der Waals surface area contributed by atoms with E-state index in [9.17, 15) is 0 Å². The number of hydrogen-bond acceptors (Lipinski definition) is 0. The standard InChI is InChI=1S/C10H22.Ca.Na/c1-3-5-7-9-10-8-6-4-2;;/h3-10H2,1-2H3;;. The normalized spacial score (nSPS) is 8.50. The summed E-state index contributed by atoms with van der Waals surface area (Å²) in [4.78, 5) is 0. The van der Waals surface area contributed by atoms with E-state index in [4.69, 9.17) is 0 Å². The van der Waals surface area contributed by atoms with Crippen LogP contribution in [0, 0.1) is 0 Å². The van der Waals surface area contributed by atoms with Crippen LogP contribution in [0.2, 0.25) is 0 Å². The Morgan fingerprint density at radius 2 is 0.833 bits per heavy atom. The van der Waals surface area contributed by atoms with E-state index in [1.807, 2.05) is 0 Å². The first kappa shape index (κ1) is 19.8. The average Bonchev–Trinajstić information content (AvgIpc) is 1.97. The second-order valence-electron chi connectivity index (χ2n) is 3.12. The van der Waals surface area contributed by atoms with Crippen molar-refractivity contribution in [3.63, 3.8) is 0 Å². The molecule has 0 aliphatic carbocycles. The Labute approximate surface area is 131 Å². The van der Waals surface area contributed by atoms with E-state index in [2.05, 4.69) is 13.8 Å². The molecule has 0 spiro atoms. The Balaban J connectivity index is -0.000000405. The molecule has 2 heteroatoms. The van der Waals surface area contributed by atoms with Gasteiger partial charge in [0.05, 0.1) is 0 Å². The maximum Gasteiger partial charge on any atom is 0 e. The van der Waals surface area contributed by atoms with E-state index >= 15 is 0 Å². The summed E-state index contributed by atoms with van der Waals surface area (Å²) in [6.45, 7) is 4.54. The maximum absolute atomic E-state index is 2.27. The Kier molecular flexibility index (Phi) is 31.2. The molecule has 0 atom stereocenters. The molecule has 0 nitrogen and oxygen atoms in total. The fourth-order valence-corrected chi connectivity index (χ4v) is 1.21. The second-order valence-corrected chi connectivity index (χ2v) is 3.12. The average molecular weight is 205 g/mol. The number of rotatable bonds is 7. The van der Waals surface area contributed by atoms with Gasteiger partial charge in [-0.1, -0.05) is 65.2 Å². The molecule has 0 aliphatic heterocycles. The molecule has 0 aromatic carbocycles. The van der Waals surface area contributed by atoms with Crippen LogP contribution in [-0.2, 0) is 0 Å². The zero-order valence-corrected chi connectivity index (χ0v) is 13.6. The fourth-order valence-electron chi connectivity index (χ4n) is 1.21. The van der Waals surface area contributed by atoms with Gasteiger partial charge in [-0.05, 0) is 0 Å². The van der Waals surface area contributed by atoms with E-state index in [-0.39, 0.29) is 67.3 Å². The topological polar surface area (TPSA) is 0 Å². The Morgan fingerprint density at radius 1 is 0.583 bits per heavy atom. The van der Waals surface area contributed by atoms with Gasteiger partial charge in [0.1, 0.15) is 0 Å². The largest absolute Gasteiger partial charge is 0.0654 e. The van der Waals surface area contributed by atoms with Crippen LogP contribution in [0.15, 0.2) is 0 Å². The van der Waals surface area contributed by atoms with Crippen LogP contribution in [0.3, 0.4) is 0 Å². The van der Waals surface area contributed by atoms with Crippen LogP contribution >= 0.6 is 0 Å². The van der Waals surface area contributed by atoms with Gasteiger partial charge in [0.2, 0.25) is 0 Å². The molecule has 0 aliphatic rings. The van der Waals surface area contributed by atoms with Crippen molar-refractivity contribution in [2.24, 2.45) is 0 Å².